The lowest BCUT2D eigenvalue weighted by Gasteiger charge is -2.19. The summed E-state index contributed by atoms with van der Waals surface area (Å²) in [6.45, 7) is 1.51. The van der Waals surface area contributed by atoms with E-state index in [4.69, 9.17) is 10.5 Å². The Bertz CT molecular complexity index is 774. The van der Waals surface area contributed by atoms with Gasteiger partial charge in [-0.25, -0.2) is 9.59 Å². The molecule has 2 atom stereocenters. The maximum atomic E-state index is 12.6. The van der Waals surface area contributed by atoms with E-state index in [9.17, 15) is 14.4 Å². The first-order valence-electron chi connectivity index (χ1n) is 7.79. The molecule has 0 saturated carbocycles. The fourth-order valence-corrected chi connectivity index (χ4v) is 2.93. The number of thioether (sulfide) groups is 1. The number of nitrogens with two attached hydrogens (primary N) is 1. The van der Waals surface area contributed by atoms with Crippen LogP contribution in [-0.2, 0) is 9.53 Å². The molecule has 0 saturated heterocycles. The van der Waals surface area contributed by atoms with Gasteiger partial charge in [-0.1, -0.05) is 18.2 Å². The summed E-state index contributed by atoms with van der Waals surface area (Å²) in [5, 5.41) is 3.12. The quantitative estimate of drug-likeness (QED) is 0.491. The first kappa shape index (κ1) is 18.9. The van der Waals surface area contributed by atoms with E-state index in [2.05, 4.69) is 10.3 Å². The van der Waals surface area contributed by atoms with Crippen LogP contribution in [-0.4, -0.2) is 46.9 Å². The molecular weight excluding hydrogens is 342 g/mol. The number of esters is 1. The second-order valence-electron chi connectivity index (χ2n) is 5.53. The van der Waals surface area contributed by atoms with Crippen molar-refractivity contribution in [2.45, 2.75) is 25.5 Å². The van der Waals surface area contributed by atoms with Crippen molar-refractivity contribution >= 4 is 40.4 Å². The van der Waals surface area contributed by atoms with Crippen LogP contribution < -0.4 is 11.1 Å². The van der Waals surface area contributed by atoms with Gasteiger partial charge in [0.1, 0.15) is 6.04 Å². The molecular formula is C17H21N3O4S. The molecule has 7 nitrogen and oxygen atoms in total. The molecule has 0 aliphatic heterocycles. The van der Waals surface area contributed by atoms with Crippen LogP contribution in [0.4, 0.5) is 4.79 Å². The summed E-state index contributed by atoms with van der Waals surface area (Å²) in [4.78, 5) is 38.9. The highest BCUT2D eigenvalue weighted by Gasteiger charge is 2.27. The average Bonchev–Trinajstić information content (AvgIpc) is 3.01. The van der Waals surface area contributed by atoms with Gasteiger partial charge in [0.25, 0.3) is 0 Å². The second-order valence-corrected chi connectivity index (χ2v) is 6.52. The van der Waals surface area contributed by atoms with E-state index in [1.807, 2.05) is 30.5 Å². The van der Waals surface area contributed by atoms with E-state index >= 15 is 0 Å². The van der Waals surface area contributed by atoms with Gasteiger partial charge in [-0.15, -0.1) is 0 Å². The molecule has 1 heterocycles. The molecule has 25 heavy (non-hydrogen) atoms. The van der Waals surface area contributed by atoms with Gasteiger partial charge in [0.2, 0.25) is 5.78 Å². The topological polar surface area (TPSA) is 114 Å². The van der Waals surface area contributed by atoms with Crippen LogP contribution in [0.25, 0.3) is 10.9 Å². The number of benzene rings is 1. The Morgan fingerprint density at radius 3 is 2.72 bits per heavy atom. The number of ether oxygens (including phenoxy) is 1. The van der Waals surface area contributed by atoms with E-state index in [1.165, 1.54) is 18.7 Å². The molecule has 8 heteroatoms. The van der Waals surface area contributed by atoms with Crippen LogP contribution in [0, 0.1) is 0 Å². The van der Waals surface area contributed by atoms with Crippen molar-refractivity contribution in [3.8, 4) is 0 Å². The zero-order valence-electron chi connectivity index (χ0n) is 14.1. The third-order valence-electron chi connectivity index (χ3n) is 3.73. The summed E-state index contributed by atoms with van der Waals surface area (Å²) >= 11 is 1.53. The number of aromatic amines is 1. The fraction of sp³-hybridized carbons (Fsp3) is 0.353. The molecule has 134 valence electrons. The van der Waals surface area contributed by atoms with Gasteiger partial charge in [0.05, 0.1) is 0 Å². The molecule has 0 radical (unpaired) electrons. The minimum Gasteiger partial charge on any atom is -0.453 e. The zero-order valence-corrected chi connectivity index (χ0v) is 14.9. The smallest absolute Gasteiger partial charge is 0.329 e. The molecule has 0 aliphatic rings. The normalized spacial score (nSPS) is 13.2. The largest absolute Gasteiger partial charge is 0.453 e. The van der Waals surface area contributed by atoms with Crippen molar-refractivity contribution in [1.82, 2.24) is 10.3 Å². The molecule has 4 N–H and O–H groups in total. The van der Waals surface area contributed by atoms with Crippen molar-refractivity contribution in [1.29, 1.82) is 0 Å². The molecule has 0 aliphatic carbocycles. The van der Waals surface area contributed by atoms with Gasteiger partial charge in [-0.2, -0.15) is 11.8 Å². The second kappa shape index (κ2) is 8.57. The maximum absolute atomic E-state index is 12.6. The number of nitrogens with one attached hydrogen (secondary N) is 2. The van der Waals surface area contributed by atoms with Crippen LogP contribution in [0.15, 0.2) is 30.5 Å². The van der Waals surface area contributed by atoms with Crippen molar-refractivity contribution in [3.63, 3.8) is 0 Å². The lowest BCUT2D eigenvalue weighted by Crippen LogP contribution is -2.46. The van der Waals surface area contributed by atoms with Gasteiger partial charge in [0.15, 0.2) is 6.10 Å². The Morgan fingerprint density at radius 2 is 2.04 bits per heavy atom. The van der Waals surface area contributed by atoms with Crippen molar-refractivity contribution in [2.75, 3.05) is 12.0 Å². The number of hydrogen-bond donors (Lipinski definition) is 3. The van der Waals surface area contributed by atoms with Crippen LogP contribution in [0.5, 0.6) is 0 Å². The Balaban J connectivity index is 2.08. The molecule has 2 rings (SSSR count). The minimum absolute atomic E-state index is 0.312. The number of ketones is 1. The summed E-state index contributed by atoms with van der Waals surface area (Å²) in [5.41, 5.74) is 6.39. The van der Waals surface area contributed by atoms with E-state index < -0.39 is 24.1 Å². The molecule has 0 spiro atoms. The summed E-state index contributed by atoms with van der Waals surface area (Å²) in [5.74, 6) is -0.341. The SMILES string of the molecule is CSCC[C@H](NC(N)=O)C(=O)O[C@H](C)C(=O)c1c[nH]c2ccccc12. The van der Waals surface area contributed by atoms with Crippen LogP contribution in [0.1, 0.15) is 23.7 Å². The Kier molecular flexibility index (Phi) is 6.46. The molecule has 1 aromatic carbocycles. The number of H-pyrrole nitrogens is 1. The number of urea groups is 1. The molecule has 0 fully saturated rings. The van der Waals surface area contributed by atoms with Crippen molar-refractivity contribution in [3.05, 3.63) is 36.0 Å². The lowest BCUT2D eigenvalue weighted by molar-refractivity contribution is -0.148. The molecule has 1 aromatic heterocycles. The first-order chi connectivity index (χ1) is 11.9. The van der Waals surface area contributed by atoms with Crippen LogP contribution in [0.2, 0.25) is 0 Å². The number of carbonyl (C=O) groups excluding carboxylic acids is 3. The molecule has 0 bridgehead atoms. The number of Topliss-reactive ketones (excluding diaryl/α,β-unsaturated/α-hetero) is 1. The van der Waals surface area contributed by atoms with Crippen molar-refractivity contribution < 1.29 is 19.1 Å². The Labute approximate surface area is 149 Å². The van der Waals surface area contributed by atoms with E-state index in [0.717, 1.165) is 10.9 Å². The highest BCUT2D eigenvalue weighted by molar-refractivity contribution is 7.98. The third kappa shape index (κ3) is 4.76. The Morgan fingerprint density at radius 1 is 1.32 bits per heavy atom. The summed E-state index contributed by atoms with van der Waals surface area (Å²) < 4.78 is 5.26. The number of hydrogen-bond acceptors (Lipinski definition) is 5. The number of rotatable bonds is 8. The third-order valence-corrected chi connectivity index (χ3v) is 4.37. The predicted molar refractivity (Wildman–Crippen MR) is 97.7 cm³/mol. The van der Waals surface area contributed by atoms with Gasteiger partial charge < -0.3 is 20.8 Å². The van der Waals surface area contributed by atoms with E-state index in [-0.39, 0.29) is 5.78 Å². The van der Waals surface area contributed by atoms with E-state index in [1.54, 1.807) is 6.20 Å². The first-order valence-corrected chi connectivity index (χ1v) is 9.19. The van der Waals surface area contributed by atoms with Gasteiger partial charge >= 0.3 is 12.0 Å². The van der Waals surface area contributed by atoms with Crippen LogP contribution in [0.3, 0.4) is 0 Å². The van der Waals surface area contributed by atoms with Gasteiger partial charge in [-0.05, 0) is 31.4 Å². The lowest BCUT2D eigenvalue weighted by atomic mass is 10.1. The summed E-state index contributed by atoms with van der Waals surface area (Å²) in [7, 11) is 0. The number of carbonyl (C=O) groups is 3. The molecule has 2 amide bonds. The number of amides is 2. The van der Waals surface area contributed by atoms with Gasteiger partial charge in [0, 0.05) is 22.7 Å². The van der Waals surface area contributed by atoms with Crippen molar-refractivity contribution in [2.24, 2.45) is 5.73 Å². The zero-order chi connectivity index (χ0) is 18.4. The number of para-hydroxylation sites is 1. The minimum atomic E-state index is -0.974. The molecule has 0 unspecified atom stereocenters. The van der Waals surface area contributed by atoms with Gasteiger partial charge in [-0.3, -0.25) is 4.79 Å². The van der Waals surface area contributed by atoms with Crippen LogP contribution >= 0.6 is 11.8 Å². The average molecular weight is 363 g/mol. The standard InChI is InChI=1S/C17H21N3O4S/c1-10(24-16(22)14(7-8-25-2)20-17(18)23)15(21)12-9-19-13-6-4-3-5-11(12)13/h3-6,9-10,14,19H,7-8H2,1-2H3,(H3,18,20,23)/t10-,14+/m1/s1. The summed E-state index contributed by atoms with van der Waals surface area (Å²) in [6.07, 6.45) is 2.88. The Hall–Kier alpha value is -2.48. The number of fused-ring (bicyclic) bond motifs is 1. The van der Waals surface area contributed by atoms with E-state index in [0.29, 0.717) is 17.7 Å². The maximum Gasteiger partial charge on any atom is 0.329 e. The highest BCUT2D eigenvalue weighted by atomic mass is 32.2. The number of primary amides is 1. The summed E-state index contributed by atoms with van der Waals surface area (Å²) in [6, 6.07) is 5.70. The predicted octanol–water partition coefficient (Wildman–Crippen LogP) is 2.07. The monoisotopic (exact) mass is 363 g/mol. The number of aromatic nitrogens is 1. The fourth-order valence-electron chi connectivity index (χ4n) is 2.46. The highest BCUT2D eigenvalue weighted by Crippen LogP contribution is 2.20. The molecule has 2 aromatic rings.